The van der Waals surface area contributed by atoms with Gasteiger partial charge in [0.1, 0.15) is 11.5 Å². The van der Waals surface area contributed by atoms with Crippen molar-refractivity contribution in [2.75, 3.05) is 26.3 Å². The van der Waals surface area contributed by atoms with Crippen LogP contribution in [0.1, 0.15) is 5.76 Å². The molecule has 9 heteroatoms. The Kier molecular flexibility index (Phi) is 4.78. The fourth-order valence-corrected chi connectivity index (χ4v) is 3.72. The van der Waals surface area contributed by atoms with Gasteiger partial charge in [-0.15, -0.1) is 0 Å². The van der Waals surface area contributed by atoms with Crippen LogP contribution in [0.5, 0.6) is 0 Å². The minimum Gasteiger partial charge on any atom is -0.457 e. The summed E-state index contributed by atoms with van der Waals surface area (Å²) in [6, 6.07) is 9.66. The Balaban J connectivity index is 1.52. The maximum atomic E-state index is 12.2. The van der Waals surface area contributed by atoms with Gasteiger partial charge in [-0.3, -0.25) is 14.9 Å². The lowest BCUT2D eigenvalue weighted by Crippen LogP contribution is -2.38. The van der Waals surface area contributed by atoms with Crippen LogP contribution in [-0.2, 0) is 9.53 Å². The molecule has 2 aromatic rings. The number of thioether (sulfide) groups is 1. The Morgan fingerprint density at radius 2 is 2.04 bits per heavy atom. The molecule has 0 N–H and O–H groups in total. The number of morpholine rings is 1. The molecule has 0 unspecified atom stereocenters. The zero-order chi connectivity index (χ0) is 18.8. The highest BCUT2D eigenvalue weighted by Crippen LogP contribution is 2.32. The molecule has 2 aliphatic rings. The number of ether oxygens (including phenoxy) is 1. The fourth-order valence-electron chi connectivity index (χ4n) is 2.78. The van der Waals surface area contributed by atoms with E-state index in [2.05, 4.69) is 4.99 Å². The van der Waals surface area contributed by atoms with Gasteiger partial charge < -0.3 is 14.1 Å². The molecule has 1 saturated heterocycles. The van der Waals surface area contributed by atoms with Gasteiger partial charge in [0.15, 0.2) is 5.17 Å². The Hall–Kier alpha value is -2.91. The van der Waals surface area contributed by atoms with Crippen molar-refractivity contribution in [1.82, 2.24) is 4.90 Å². The van der Waals surface area contributed by atoms with E-state index in [1.807, 2.05) is 4.90 Å². The lowest BCUT2D eigenvalue weighted by atomic mass is 10.1. The molecule has 1 amide bonds. The second kappa shape index (κ2) is 7.37. The molecule has 0 saturated carbocycles. The number of non-ortho nitro benzene ring substituents is 1. The van der Waals surface area contributed by atoms with Crippen molar-refractivity contribution in [2.24, 2.45) is 4.99 Å². The summed E-state index contributed by atoms with van der Waals surface area (Å²) >= 11 is 1.31. The molecule has 138 valence electrons. The molecule has 0 bridgehead atoms. The Morgan fingerprint density at radius 1 is 1.22 bits per heavy atom. The number of amides is 1. The fraction of sp³-hybridized carbons (Fsp3) is 0.222. The smallest absolute Gasteiger partial charge is 0.286 e. The van der Waals surface area contributed by atoms with Crippen LogP contribution in [-0.4, -0.2) is 47.2 Å². The van der Waals surface area contributed by atoms with E-state index < -0.39 is 4.92 Å². The first-order valence-corrected chi connectivity index (χ1v) is 9.12. The zero-order valence-electron chi connectivity index (χ0n) is 14.2. The second-order valence-corrected chi connectivity index (χ2v) is 6.93. The van der Waals surface area contributed by atoms with Crippen LogP contribution >= 0.6 is 11.8 Å². The first-order valence-electron chi connectivity index (χ1n) is 8.30. The lowest BCUT2D eigenvalue weighted by molar-refractivity contribution is -0.384. The molecule has 1 fully saturated rings. The highest BCUT2D eigenvalue weighted by molar-refractivity contribution is 8.18. The van der Waals surface area contributed by atoms with Gasteiger partial charge in [0.05, 0.1) is 23.0 Å². The molecule has 0 atom stereocenters. The maximum Gasteiger partial charge on any atom is 0.286 e. The van der Waals surface area contributed by atoms with Crippen molar-refractivity contribution in [3.05, 3.63) is 57.2 Å². The summed E-state index contributed by atoms with van der Waals surface area (Å²) in [6.07, 6.45) is 1.64. The number of carbonyl (C=O) groups excluding carboxylic acids is 1. The third-order valence-electron chi connectivity index (χ3n) is 4.13. The highest BCUT2D eigenvalue weighted by Gasteiger charge is 2.27. The van der Waals surface area contributed by atoms with E-state index in [0.717, 1.165) is 0 Å². The molecule has 1 aromatic heterocycles. The van der Waals surface area contributed by atoms with Crippen molar-refractivity contribution in [2.45, 2.75) is 0 Å². The lowest BCUT2D eigenvalue weighted by Gasteiger charge is -2.27. The van der Waals surface area contributed by atoms with Gasteiger partial charge in [0.25, 0.3) is 11.6 Å². The van der Waals surface area contributed by atoms with E-state index in [1.54, 1.807) is 30.3 Å². The minimum atomic E-state index is -0.451. The number of hydrogen-bond acceptors (Lipinski definition) is 7. The van der Waals surface area contributed by atoms with Crippen LogP contribution < -0.4 is 0 Å². The molecule has 0 aliphatic carbocycles. The number of rotatable bonds is 3. The number of furan rings is 1. The molecule has 0 spiro atoms. The summed E-state index contributed by atoms with van der Waals surface area (Å²) in [7, 11) is 0. The van der Waals surface area contributed by atoms with E-state index in [0.29, 0.717) is 53.5 Å². The third kappa shape index (κ3) is 3.79. The van der Waals surface area contributed by atoms with Gasteiger partial charge >= 0.3 is 0 Å². The quantitative estimate of drug-likeness (QED) is 0.455. The van der Waals surface area contributed by atoms with Crippen molar-refractivity contribution < 1.29 is 18.9 Å². The first kappa shape index (κ1) is 17.5. The number of hydrogen-bond donors (Lipinski definition) is 0. The van der Waals surface area contributed by atoms with Crippen molar-refractivity contribution in [3.8, 4) is 11.3 Å². The standard InChI is InChI=1S/C18H15N3O5S/c22-17-16(27-18(19-17)20-6-8-25-9-7-20)11-14-4-5-15(26-14)12-2-1-3-13(10-12)21(23)24/h1-5,10-11H,6-9H2/b16-11-. The van der Waals surface area contributed by atoms with Gasteiger partial charge in [-0.25, -0.2) is 0 Å². The number of aliphatic imine (C=N–C) groups is 1. The third-order valence-corrected chi connectivity index (χ3v) is 5.18. The van der Waals surface area contributed by atoms with Crippen LogP contribution in [0.15, 0.2) is 50.7 Å². The Morgan fingerprint density at radius 3 is 2.81 bits per heavy atom. The number of benzene rings is 1. The van der Waals surface area contributed by atoms with Gasteiger partial charge in [-0.05, 0) is 23.9 Å². The average molecular weight is 385 g/mol. The van der Waals surface area contributed by atoms with Crippen LogP contribution in [0.4, 0.5) is 5.69 Å². The van der Waals surface area contributed by atoms with E-state index >= 15 is 0 Å². The normalized spacial score (nSPS) is 18.8. The molecule has 3 heterocycles. The predicted molar refractivity (Wildman–Crippen MR) is 101 cm³/mol. The number of nitro benzene ring substituents is 1. The van der Waals surface area contributed by atoms with Gasteiger partial charge in [0, 0.05) is 36.9 Å². The van der Waals surface area contributed by atoms with Gasteiger partial charge in [0.2, 0.25) is 0 Å². The van der Waals surface area contributed by atoms with Crippen LogP contribution in [0.25, 0.3) is 17.4 Å². The molecule has 0 radical (unpaired) electrons. The number of carbonyl (C=O) groups is 1. The zero-order valence-corrected chi connectivity index (χ0v) is 15.0. The number of nitrogens with zero attached hydrogens (tertiary/aromatic N) is 3. The highest BCUT2D eigenvalue weighted by atomic mass is 32.2. The first-order chi connectivity index (χ1) is 13.1. The predicted octanol–water partition coefficient (Wildman–Crippen LogP) is 3.16. The van der Waals surface area contributed by atoms with Crippen LogP contribution in [0.3, 0.4) is 0 Å². The van der Waals surface area contributed by atoms with Gasteiger partial charge in [-0.2, -0.15) is 4.99 Å². The molecule has 4 rings (SSSR count). The molecule has 1 aromatic carbocycles. The molecular weight excluding hydrogens is 370 g/mol. The molecular formula is C18H15N3O5S. The summed E-state index contributed by atoms with van der Waals surface area (Å²) in [4.78, 5) is 29.3. The summed E-state index contributed by atoms with van der Waals surface area (Å²) in [6.45, 7) is 2.67. The van der Waals surface area contributed by atoms with Crippen LogP contribution in [0.2, 0.25) is 0 Å². The summed E-state index contributed by atoms with van der Waals surface area (Å²) in [5, 5.41) is 11.6. The molecule has 27 heavy (non-hydrogen) atoms. The summed E-state index contributed by atoms with van der Waals surface area (Å²) < 4.78 is 11.1. The summed E-state index contributed by atoms with van der Waals surface area (Å²) in [5.41, 5.74) is 0.596. The minimum absolute atomic E-state index is 0.00566. The average Bonchev–Trinajstić information content (AvgIpc) is 3.30. The molecule has 8 nitrogen and oxygen atoms in total. The van der Waals surface area contributed by atoms with Crippen molar-refractivity contribution in [3.63, 3.8) is 0 Å². The van der Waals surface area contributed by atoms with E-state index in [4.69, 9.17) is 9.15 Å². The Labute approximate surface area is 158 Å². The second-order valence-electron chi connectivity index (χ2n) is 5.92. The van der Waals surface area contributed by atoms with Crippen molar-refractivity contribution >= 4 is 34.6 Å². The number of amidine groups is 1. The largest absolute Gasteiger partial charge is 0.457 e. The maximum absolute atomic E-state index is 12.2. The topological polar surface area (TPSA) is 98.2 Å². The van der Waals surface area contributed by atoms with Crippen LogP contribution in [0, 0.1) is 10.1 Å². The number of nitro groups is 1. The van der Waals surface area contributed by atoms with E-state index in [-0.39, 0.29) is 11.6 Å². The Bertz CT molecular complexity index is 959. The van der Waals surface area contributed by atoms with E-state index in [1.165, 1.54) is 23.9 Å². The monoisotopic (exact) mass is 385 g/mol. The van der Waals surface area contributed by atoms with Crippen molar-refractivity contribution in [1.29, 1.82) is 0 Å². The molecule has 2 aliphatic heterocycles. The SMILES string of the molecule is O=C1N=C(N2CCOCC2)S/C1=C\c1ccc(-c2cccc([N+](=O)[O-])c2)o1. The van der Waals surface area contributed by atoms with E-state index in [9.17, 15) is 14.9 Å². The van der Waals surface area contributed by atoms with Gasteiger partial charge in [-0.1, -0.05) is 12.1 Å². The summed E-state index contributed by atoms with van der Waals surface area (Å²) in [5.74, 6) is 0.691.